The van der Waals surface area contributed by atoms with E-state index in [4.69, 9.17) is 9.84 Å². The molecule has 0 unspecified atom stereocenters. The van der Waals surface area contributed by atoms with Crippen molar-refractivity contribution in [2.45, 2.75) is 6.18 Å². The number of aromatic carboxylic acids is 1. The van der Waals surface area contributed by atoms with E-state index in [1.165, 1.54) is 0 Å². The SMILES string of the molecule is O=C(O)c1cc(F)cc(OCCOCC(F)(F)F)c1. The minimum Gasteiger partial charge on any atom is -0.491 e. The summed E-state index contributed by atoms with van der Waals surface area (Å²) in [7, 11) is 0. The Kier molecular flexibility index (Phi) is 5.11. The highest BCUT2D eigenvalue weighted by molar-refractivity contribution is 5.88. The van der Waals surface area contributed by atoms with Gasteiger partial charge in [-0.3, -0.25) is 0 Å². The standard InChI is InChI=1S/C11H10F4O4/c12-8-3-7(10(16)17)4-9(5-8)19-2-1-18-6-11(13,14)15/h3-5H,1-2,6H2,(H,16,17). The molecule has 0 radical (unpaired) electrons. The summed E-state index contributed by atoms with van der Waals surface area (Å²) in [5, 5.41) is 8.66. The summed E-state index contributed by atoms with van der Waals surface area (Å²) in [5.74, 6) is -2.24. The predicted molar refractivity (Wildman–Crippen MR) is 55.7 cm³/mol. The number of rotatable bonds is 6. The molecular weight excluding hydrogens is 272 g/mol. The summed E-state index contributed by atoms with van der Waals surface area (Å²) in [4.78, 5) is 10.6. The molecule has 1 rings (SSSR count). The molecule has 8 heteroatoms. The van der Waals surface area contributed by atoms with Crippen LogP contribution in [0, 0.1) is 5.82 Å². The van der Waals surface area contributed by atoms with Gasteiger partial charge in [-0.1, -0.05) is 0 Å². The molecular formula is C11H10F4O4. The highest BCUT2D eigenvalue weighted by Crippen LogP contribution is 2.17. The van der Waals surface area contributed by atoms with Gasteiger partial charge in [0.1, 0.15) is 24.8 Å². The predicted octanol–water partition coefficient (Wildman–Crippen LogP) is 2.48. The first-order valence-electron chi connectivity index (χ1n) is 5.09. The summed E-state index contributed by atoms with van der Waals surface area (Å²) in [6.07, 6.45) is -4.42. The van der Waals surface area contributed by atoms with E-state index in [1.807, 2.05) is 0 Å². The smallest absolute Gasteiger partial charge is 0.411 e. The van der Waals surface area contributed by atoms with Crippen LogP contribution in [0.5, 0.6) is 5.75 Å². The van der Waals surface area contributed by atoms with Crippen LogP contribution in [0.3, 0.4) is 0 Å². The lowest BCUT2D eigenvalue weighted by Crippen LogP contribution is -2.19. The van der Waals surface area contributed by atoms with Gasteiger partial charge in [-0.25, -0.2) is 9.18 Å². The van der Waals surface area contributed by atoms with Gasteiger partial charge < -0.3 is 14.6 Å². The molecule has 0 atom stereocenters. The van der Waals surface area contributed by atoms with Crippen LogP contribution in [-0.2, 0) is 4.74 Å². The first-order valence-corrected chi connectivity index (χ1v) is 5.09. The van der Waals surface area contributed by atoms with Gasteiger partial charge in [0.25, 0.3) is 0 Å². The van der Waals surface area contributed by atoms with Crippen molar-refractivity contribution in [1.82, 2.24) is 0 Å². The molecule has 0 spiro atoms. The maximum absolute atomic E-state index is 13.0. The highest BCUT2D eigenvalue weighted by atomic mass is 19.4. The van der Waals surface area contributed by atoms with E-state index in [1.54, 1.807) is 0 Å². The van der Waals surface area contributed by atoms with E-state index in [2.05, 4.69) is 4.74 Å². The van der Waals surface area contributed by atoms with Crippen molar-refractivity contribution in [3.05, 3.63) is 29.6 Å². The van der Waals surface area contributed by atoms with Gasteiger partial charge in [-0.2, -0.15) is 13.2 Å². The molecule has 1 aromatic carbocycles. The summed E-state index contributed by atoms with van der Waals surface area (Å²) in [5.41, 5.74) is -0.314. The van der Waals surface area contributed by atoms with E-state index in [9.17, 15) is 22.4 Å². The molecule has 0 aliphatic heterocycles. The molecule has 0 heterocycles. The molecule has 0 saturated carbocycles. The summed E-state index contributed by atoms with van der Waals surface area (Å²) < 4.78 is 57.3. The maximum atomic E-state index is 13.0. The second-order valence-electron chi connectivity index (χ2n) is 3.50. The quantitative estimate of drug-likeness (QED) is 0.643. The largest absolute Gasteiger partial charge is 0.491 e. The van der Waals surface area contributed by atoms with Gasteiger partial charge in [0, 0.05) is 6.07 Å². The van der Waals surface area contributed by atoms with Gasteiger partial charge in [0.15, 0.2) is 0 Å². The van der Waals surface area contributed by atoms with Crippen molar-refractivity contribution in [1.29, 1.82) is 0 Å². The number of carboxylic acids is 1. The van der Waals surface area contributed by atoms with Gasteiger partial charge in [0.2, 0.25) is 0 Å². The molecule has 1 N–H and O–H groups in total. The van der Waals surface area contributed by atoms with Crippen molar-refractivity contribution in [2.24, 2.45) is 0 Å². The van der Waals surface area contributed by atoms with Crippen LogP contribution in [0.15, 0.2) is 18.2 Å². The Balaban J connectivity index is 2.43. The van der Waals surface area contributed by atoms with E-state index >= 15 is 0 Å². The second kappa shape index (κ2) is 6.37. The third-order valence-corrected chi connectivity index (χ3v) is 1.88. The van der Waals surface area contributed by atoms with Crippen molar-refractivity contribution in [3.63, 3.8) is 0 Å². The zero-order valence-corrected chi connectivity index (χ0v) is 9.54. The Bertz CT molecular complexity index is 445. The Morgan fingerprint density at radius 1 is 1.21 bits per heavy atom. The fourth-order valence-electron chi connectivity index (χ4n) is 1.18. The van der Waals surface area contributed by atoms with Crippen LogP contribution >= 0.6 is 0 Å². The third-order valence-electron chi connectivity index (χ3n) is 1.88. The van der Waals surface area contributed by atoms with Gasteiger partial charge in [-0.15, -0.1) is 0 Å². The van der Waals surface area contributed by atoms with Crippen LogP contribution < -0.4 is 4.74 Å². The maximum Gasteiger partial charge on any atom is 0.411 e. The average molecular weight is 282 g/mol. The number of hydrogen-bond acceptors (Lipinski definition) is 3. The molecule has 106 valence electrons. The zero-order chi connectivity index (χ0) is 14.5. The number of alkyl halides is 3. The number of carbonyl (C=O) groups is 1. The Morgan fingerprint density at radius 2 is 1.89 bits per heavy atom. The van der Waals surface area contributed by atoms with Crippen LogP contribution in [0.25, 0.3) is 0 Å². The average Bonchev–Trinajstić information content (AvgIpc) is 2.26. The molecule has 0 aromatic heterocycles. The molecule has 4 nitrogen and oxygen atoms in total. The van der Waals surface area contributed by atoms with Crippen LogP contribution in [0.1, 0.15) is 10.4 Å². The second-order valence-corrected chi connectivity index (χ2v) is 3.50. The number of halogens is 4. The molecule has 0 fully saturated rings. The van der Waals surface area contributed by atoms with Gasteiger partial charge in [0.05, 0.1) is 12.2 Å². The van der Waals surface area contributed by atoms with Gasteiger partial charge in [-0.05, 0) is 12.1 Å². The number of benzene rings is 1. The molecule has 1 aromatic rings. The first kappa shape index (κ1) is 15.2. The Labute approximate surface area is 105 Å². The number of ether oxygens (including phenoxy) is 2. The van der Waals surface area contributed by atoms with Crippen LogP contribution in [0.4, 0.5) is 17.6 Å². The van der Waals surface area contributed by atoms with Crippen molar-refractivity contribution < 1.29 is 36.9 Å². The van der Waals surface area contributed by atoms with Crippen LogP contribution in [-0.4, -0.2) is 37.1 Å². The summed E-state index contributed by atoms with van der Waals surface area (Å²) >= 11 is 0. The highest BCUT2D eigenvalue weighted by Gasteiger charge is 2.27. The molecule has 0 aliphatic carbocycles. The monoisotopic (exact) mass is 282 g/mol. The lowest BCUT2D eigenvalue weighted by Gasteiger charge is -2.09. The topological polar surface area (TPSA) is 55.8 Å². The van der Waals surface area contributed by atoms with Crippen molar-refractivity contribution in [3.8, 4) is 5.75 Å². The molecule has 0 aliphatic rings. The van der Waals surface area contributed by atoms with Crippen LogP contribution in [0.2, 0.25) is 0 Å². The van der Waals surface area contributed by atoms with Gasteiger partial charge >= 0.3 is 12.1 Å². The molecule has 19 heavy (non-hydrogen) atoms. The lowest BCUT2D eigenvalue weighted by atomic mass is 10.2. The fraction of sp³-hybridized carbons (Fsp3) is 0.364. The number of carboxylic acid groups (broad SMARTS) is 1. The minimum atomic E-state index is -4.42. The van der Waals surface area contributed by atoms with E-state index in [0.29, 0.717) is 0 Å². The molecule has 0 saturated heterocycles. The lowest BCUT2D eigenvalue weighted by molar-refractivity contribution is -0.175. The molecule has 0 amide bonds. The summed E-state index contributed by atoms with van der Waals surface area (Å²) in [6.45, 7) is -2.00. The molecule has 0 bridgehead atoms. The Morgan fingerprint density at radius 3 is 2.47 bits per heavy atom. The zero-order valence-electron chi connectivity index (χ0n) is 9.54. The van der Waals surface area contributed by atoms with Crippen molar-refractivity contribution in [2.75, 3.05) is 19.8 Å². The van der Waals surface area contributed by atoms with E-state index in [0.717, 1.165) is 18.2 Å². The fourth-order valence-corrected chi connectivity index (χ4v) is 1.18. The van der Waals surface area contributed by atoms with Crippen molar-refractivity contribution >= 4 is 5.97 Å². The minimum absolute atomic E-state index is 0.0898. The Hall–Kier alpha value is -1.83. The van der Waals surface area contributed by atoms with E-state index < -0.39 is 24.6 Å². The van der Waals surface area contributed by atoms with E-state index in [-0.39, 0.29) is 24.5 Å². The third kappa shape index (κ3) is 6.05. The normalized spacial score (nSPS) is 11.4. The number of hydrogen-bond donors (Lipinski definition) is 1. The first-order chi connectivity index (χ1) is 8.78. The summed E-state index contributed by atoms with van der Waals surface area (Å²) in [6, 6.07) is 2.79.